The summed E-state index contributed by atoms with van der Waals surface area (Å²) in [6, 6.07) is 8.05. The highest BCUT2D eigenvalue weighted by Crippen LogP contribution is 2.24. The second kappa shape index (κ2) is 6.25. The monoisotopic (exact) mass is 338 g/mol. The minimum Gasteiger partial charge on any atom is -0.373 e. The molecule has 0 aliphatic rings. The second-order valence-corrected chi connectivity index (χ2v) is 5.71. The molecule has 0 amide bonds. The fraction of sp³-hybridized carbons (Fsp3) is 0.231. The van der Waals surface area contributed by atoms with Gasteiger partial charge in [0.05, 0.1) is 0 Å². The van der Waals surface area contributed by atoms with Gasteiger partial charge in [-0.3, -0.25) is 0 Å². The van der Waals surface area contributed by atoms with Crippen molar-refractivity contribution >= 4 is 45.0 Å². The zero-order valence-corrected chi connectivity index (χ0v) is 13.4. The highest BCUT2D eigenvalue weighted by molar-refractivity contribution is 9.10. The van der Waals surface area contributed by atoms with E-state index < -0.39 is 0 Å². The Bertz CT molecular complexity index is 546. The molecule has 1 heterocycles. The molecule has 2 N–H and O–H groups in total. The summed E-state index contributed by atoms with van der Waals surface area (Å²) in [5, 5.41) is 7.07. The minimum absolute atomic E-state index is 0.737. The van der Waals surface area contributed by atoms with Gasteiger partial charge in [0.15, 0.2) is 5.16 Å². The molecular weight excluding hydrogens is 324 g/mol. The van der Waals surface area contributed by atoms with Crippen LogP contribution in [0, 0.1) is 6.92 Å². The minimum atomic E-state index is 0.737. The van der Waals surface area contributed by atoms with Crippen LogP contribution in [0.1, 0.15) is 5.56 Å². The molecule has 0 fully saturated rings. The Hall–Kier alpha value is -1.27. The van der Waals surface area contributed by atoms with Crippen LogP contribution in [0.2, 0.25) is 0 Å². The Morgan fingerprint density at radius 1 is 1.11 bits per heavy atom. The molecule has 19 heavy (non-hydrogen) atoms. The third-order valence-corrected chi connectivity index (χ3v) is 3.46. The number of thioether (sulfide) groups is 1. The number of aromatic nitrogens is 2. The van der Waals surface area contributed by atoms with Crippen molar-refractivity contribution in [1.29, 1.82) is 0 Å². The molecule has 0 bridgehead atoms. The van der Waals surface area contributed by atoms with Gasteiger partial charge in [-0.2, -0.15) is 0 Å². The van der Waals surface area contributed by atoms with E-state index in [4.69, 9.17) is 0 Å². The maximum absolute atomic E-state index is 4.44. The summed E-state index contributed by atoms with van der Waals surface area (Å²) in [4.78, 5) is 8.78. The number of aryl methyl sites for hydroxylation is 1. The lowest BCUT2D eigenvalue weighted by Crippen LogP contribution is -2.00. The molecule has 100 valence electrons. The summed E-state index contributed by atoms with van der Waals surface area (Å²) in [7, 11) is 1.85. The van der Waals surface area contributed by atoms with Gasteiger partial charge >= 0.3 is 0 Å². The van der Waals surface area contributed by atoms with Gasteiger partial charge in [-0.05, 0) is 36.9 Å². The average molecular weight is 339 g/mol. The second-order valence-electron chi connectivity index (χ2n) is 4.02. The molecule has 1 aromatic carbocycles. The largest absolute Gasteiger partial charge is 0.373 e. The molecule has 0 aliphatic carbocycles. The van der Waals surface area contributed by atoms with Gasteiger partial charge in [-0.25, -0.2) is 9.97 Å². The number of halogens is 1. The van der Waals surface area contributed by atoms with E-state index >= 15 is 0 Å². The molecule has 0 radical (unpaired) electrons. The summed E-state index contributed by atoms with van der Waals surface area (Å²) >= 11 is 5.01. The van der Waals surface area contributed by atoms with Crippen molar-refractivity contribution in [2.75, 3.05) is 23.9 Å². The van der Waals surface area contributed by atoms with E-state index in [0.717, 1.165) is 27.0 Å². The average Bonchev–Trinajstić information content (AvgIpc) is 2.37. The molecule has 0 aliphatic heterocycles. The number of anilines is 3. The number of hydrogen-bond donors (Lipinski definition) is 2. The molecule has 2 aromatic rings. The zero-order chi connectivity index (χ0) is 13.8. The number of nitrogens with one attached hydrogen (secondary N) is 2. The van der Waals surface area contributed by atoms with E-state index in [1.54, 1.807) is 0 Å². The van der Waals surface area contributed by atoms with Gasteiger partial charge in [-0.15, -0.1) is 0 Å². The van der Waals surface area contributed by atoms with E-state index in [0.29, 0.717) is 0 Å². The van der Waals surface area contributed by atoms with Crippen LogP contribution in [-0.4, -0.2) is 23.3 Å². The van der Waals surface area contributed by atoms with E-state index in [-0.39, 0.29) is 0 Å². The van der Waals surface area contributed by atoms with E-state index in [1.165, 1.54) is 17.3 Å². The standard InChI is InChI=1S/C13H15BrN4S/c1-8-4-9(14)6-10(5-8)16-12-7-11(15-2)17-13(18-12)19-3/h4-7H,1-3H3,(H2,15,16,17,18). The van der Waals surface area contributed by atoms with Gasteiger partial charge < -0.3 is 10.6 Å². The lowest BCUT2D eigenvalue weighted by molar-refractivity contribution is 0.977. The normalized spacial score (nSPS) is 10.3. The molecule has 1 aromatic heterocycles. The summed E-state index contributed by atoms with van der Waals surface area (Å²) in [5.74, 6) is 1.58. The lowest BCUT2D eigenvalue weighted by Gasteiger charge is -2.10. The summed E-state index contributed by atoms with van der Waals surface area (Å²) in [5.41, 5.74) is 2.18. The Labute approximate surface area is 125 Å². The van der Waals surface area contributed by atoms with Crippen LogP contribution < -0.4 is 10.6 Å². The first-order valence-corrected chi connectivity index (χ1v) is 7.77. The molecule has 0 saturated carbocycles. The van der Waals surface area contributed by atoms with Crippen LogP contribution in [0.4, 0.5) is 17.3 Å². The number of nitrogens with zero attached hydrogens (tertiary/aromatic N) is 2. The molecular formula is C13H15BrN4S. The predicted molar refractivity (Wildman–Crippen MR) is 85.5 cm³/mol. The maximum atomic E-state index is 4.44. The van der Waals surface area contributed by atoms with Gasteiger partial charge in [0.25, 0.3) is 0 Å². The third-order valence-electron chi connectivity index (χ3n) is 2.46. The Morgan fingerprint density at radius 2 is 1.84 bits per heavy atom. The van der Waals surface area contributed by atoms with Gasteiger partial charge in [0.1, 0.15) is 11.6 Å². The highest BCUT2D eigenvalue weighted by Gasteiger charge is 2.04. The van der Waals surface area contributed by atoms with Crippen molar-refractivity contribution in [3.63, 3.8) is 0 Å². The van der Waals surface area contributed by atoms with Crippen molar-refractivity contribution in [3.8, 4) is 0 Å². The number of rotatable bonds is 4. The molecule has 0 unspecified atom stereocenters. The van der Waals surface area contributed by atoms with Crippen molar-refractivity contribution < 1.29 is 0 Å². The van der Waals surface area contributed by atoms with Crippen LogP contribution in [0.5, 0.6) is 0 Å². The van der Waals surface area contributed by atoms with Crippen molar-refractivity contribution in [3.05, 3.63) is 34.3 Å². The van der Waals surface area contributed by atoms with Gasteiger partial charge in [0.2, 0.25) is 0 Å². The fourth-order valence-corrected chi connectivity index (χ4v) is 2.65. The maximum Gasteiger partial charge on any atom is 0.191 e. The highest BCUT2D eigenvalue weighted by atomic mass is 79.9. The molecule has 0 atom stereocenters. The van der Waals surface area contributed by atoms with E-state index in [1.807, 2.05) is 25.4 Å². The SMILES string of the molecule is CNc1cc(Nc2cc(C)cc(Br)c2)nc(SC)n1. The van der Waals surface area contributed by atoms with Crippen molar-refractivity contribution in [1.82, 2.24) is 9.97 Å². The summed E-state index contributed by atoms with van der Waals surface area (Å²) in [6.45, 7) is 2.06. The van der Waals surface area contributed by atoms with Gasteiger partial charge in [0, 0.05) is 23.3 Å². The summed E-state index contributed by atoms with van der Waals surface area (Å²) in [6.07, 6.45) is 1.96. The van der Waals surface area contributed by atoms with Crippen LogP contribution in [-0.2, 0) is 0 Å². The smallest absolute Gasteiger partial charge is 0.191 e. The van der Waals surface area contributed by atoms with Crippen LogP contribution >= 0.6 is 27.7 Å². The molecule has 6 heteroatoms. The number of benzene rings is 1. The Balaban J connectivity index is 2.31. The molecule has 0 spiro atoms. The first-order chi connectivity index (χ1) is 9.10. The first kappa shape index (κ1) is 14.1. The fourth-order valence-electron chi connectivity index (χ4n) is 1.66. The Kier molecular flexibility index (Phi) is 4.66. The quantitative estimate of drug-likeness (QED) is 0.650. The summed E-state index contributed by atoms with van der Waals surface area (Å²) < 4.78 is 1.04. The topological polar surface area (TPSA) is 49.8 Å². The zero-order valence-electron chi connectivity index (χ0n) is 11.0. The van der Waals surface area contributed by atoms with Crippen molar-refractivity contribution in [2.45, 2.75) is 12.1 Å². The first-order valence-electron chi connectivity index (χ1n) is 5.76. The van der Waals surface area contributed by atoms with Crippen LogP contribution in [0.15, 0.2) is 33.9 Å². The molecule has 0 saturated heterocycles. The van der Waals surface area contributed by atoms with Crippen molar-refractivity contribution in [2.24, 2.45) is 0 Å². The molecule has 2 rings (SSSR count). The number of hydrogen-bond acceptors (Lipinski definition) is 5. The van der Waals surface area contributed by atoms with Gasteiger partial charge in [-0.1, -0.05) is 27.7 Å². The van der Waals surface area contributed by atoms with E-state index in [9.17, 15) is 0 Å². The molecule has 4 nitrogen and oxygen atoms in total. The Morgan fingerprint density at radius 3 is 2.47 bits per heavy atom. The van der Waals surface area contributed by atoms with Crippen LogP contribution in [0.3, 0.4) is 0 Å². The third kappa shape index (κ3) is 3.84. The predicted octanol–water partition coefficient (Wildman–Crippen LogP) is 4.05. The lowest BCUT2D eigenvalue weighted by atomic mass is 10.2. The van der Waals surface area contributed by atoms with Crippen LogP contribution in [0.25, 0.3) is 0 Å². The van der Waals surface area contributed by atoms with E-state index in [2.05, 4.69) is 55.6 Å².